The Kier molecular flexibility index (Phi) is 6.32. The summed E-state index contributed by atoms with van der Waals surface area (Å²) in [6, 6.07) is 15.9. The van der Waals surface area contributed by atoms with Crippen LogP contribution in [0.25, 0.3) is 0 Å². The van der Waals surface area contributed by atoms with Crippen molar-refractivity contribution in [2.45, 2.75) is 18.1 Å². The Hall–Kier alpha value is -3.19. The van der Waals surface area contributed by atoms with Gasteiger partial charge in [0.15, 0.2) is 6.29 Å². The van der Waals surface area contributed by atoms with Crippen LogP contribution in [-0.2, 0) is 11.0 Å². The summed E-state index contributed by atoms with van der Waals surface area (Å²) in [5.41, 5.74) is 2.49. The van der Waals surface area contributed by atoms with Crippen LogP contribution in [0.15, 0.2) is 70.2 Å². The predicted octanol–water partition coefficient (Wildman–Crippen LogP) is 2.21. The third-order valence-electron chi connectivity index (χ3n) is 5.15. The van der Waals surface area contributed by atoms with Crippen molar-refractivity contribution in [2.24, 2.45) is 4.99 Å². The molecule has 9 heteroatoms. The zero-order valence-electron chi connectivity index (χ0n) is 17.2. The van der Waals surface area contributed by atoms with Gasteiger partial charge in [-0.05, 0) is 61.5 Å². The summed E-state index contributed by atoms with van der Waals surface area (Å²) >= 11 is 0. The predicted molar refractivity (Wildman–Crippen MR) is 121 cm³/mol. The van der Waals surface area contributed by atoms with Crippen molar-refractivity contribution in [1.82, 2.24) is 14.5 Å². The maximum atomic E-state index is 12.8. The van der Waals surface area contributed by atoms with Crippen molar-refractivity contribution < 1.29 is 9.32 Å². The quantitative estimate of drug-likeness (QED) is 0.679. The molecule has 8 nitrogen and oxygen atoms in total. The van der Waals surface area contributed by atoms with Crippen molar-refractivity contribution in [3.8, 4) is 11.8 Å². The molecule has 2 aliphatic heterocycles. The number of nitrogens with one attached hydrogen (secondary N) is 2. The maximum Gasteiger partial charge on any atom is 0.178 e. The lowest BCUT2D eigenvalue weighted by atomic mass is 10.2. The van der Waals surface area contributed by atoms with E-state index in [1.54, 1.807) is 36.4 Å². The summed E-state index contributed by atoms with van der Waals surface area (Å²) in [6.45, 7) is 4.76. The van der Waals surface area contributed by atoms with Gasteiger partial charge in [0.25, 0.3) is 0 Å². The van der Waals surface area contributed by atoms with Crippen molar-refractivity contribution in [2.75, 3.05) is 31.5 Å². The smallest absolute Gasteiger partial charge is 0.178 e. The number of phenols is 1. The van der Waals surface area contributed by atoms with Crippen molar-refractivity contribution in [3.63, 3.8) is 0 Å². The molecule has 0 amide bonds. The monoisotopic (exact) mass is 436 g/mol. The van der Waals surface area contributed by atoms with Crippen LogP contribution >= 0.6 is 0 Å². The molecule has 3 N–H and O–H groups in total. The summed E-state index contributed by atoms with van der Waals surface area (Å²) in [5.74, 6) is 0.918. The second-order valence-electron chi connectivity index (χ2n) is 7.38. The highest BCUT2D eigenvalue weighted by atomic mass is 32.2. The van der Waals surface area contributed by atoms with E-state index in [0.717, 1.165) is 30.3 Å². The molecular formula is C22H24N6O2S. The normalized spacial score (nSPS) is 20.7. The van der Waals surface area contributed by atoms with Crippen LogP contribution in [0, 0.1) is 11.3 Å². The van der Waals surface area contributed by atoms with Gasteiger partial charge in [-0.3, -0.25) is 4.90 Å². The minimum Gasteiger partial charge on any atom is -0.508 e. The molecule has 2 unspecified atom stereocenters. The van der Waals surface area contributed by atoms with E-state index in [1.807, 2.05) is 29.4 Å². The average molecular weight is 437 g/mol. The Morgan fingerprint density at radius 3 is 2.45 bits per heavy atom. The fourth-order valence-electron chi connectivity index (χ4n) is 3.49. The van der Waals surface area contributed by atoms with Crippen LogP contribution in [0.4, 0.5) is 5.69 Å². The zero-order chi connectivity index (χ0) is 21.8. The van der Waals surface area contributed by atoms with E-state index in [0.29, 0.717) is 23.5 Å². The fourth-order valence-corrected chi connectivity index (χ4v) is 4.66. The summed E-state index contributed by atoms with van der Waals surface area (Å²) in [7, 11) is -1.25. The minimum atomic E-state index is -1.25. The van der Waals surface area contributed by atoms with Gasteiger partial charge in [0, 0.05) is 37.6 Å². The van der Waals surface area contributed by atoms with Crippen LogP contribution in [-0.4, -0.2) is 56.8 Å². The Morgan fingerprint density at radius 2 is 1.81 bits per heavy atom. The van der Waals surface area contributed by atoms with Crippen molar-refractivity contribution >= 4 is 22.5 Å². The highest BCUT2D eigenvalue weighted by Gasteiger charge is 2.28. The maximum absolute atomic E-state index is 12.8. The van der Waals surface area contributed by atoms with Crippen molar-refractivity contribution in [1.29, 1.82) is 5.26 Å². The average Bonchev–Trinajstić information content (AvgIpc) is 2.79. The van der Waals surface area contributed by atoms with E-state index in [-0.39, 0.29) is 12.0 Å². The standard InChI is InChI=1S/C22H24N6O2S/c1-16-14-21(25-18-4-2-17(15-23)3-5-18)26-22(24-16)27-10-12-28(13-11-27)31(30)20-8-6-19(29)7-9-20/h2-9,14,22,24,29H,10-13H2,1H3,(H,25,26). The number of aliphatic imine (C=N–C) groups is 1. The van der Waals surface area contributed by atoms with Gasteiger partial charge in [0.2, 0.25) is 0 Å². The first kappa shape index (κ1) is 21.1. The van der Waals surface area contributed by atoms with E-state index in [1.165, 1.54) is 0 Å². The lowest BCUT2D eigenvalue weighted by molar-refractivity contribution is 0.128. The Balaban J connectivity index is 1.38. The molecule has 0 saturated carbocycles. The SMILES string of the molecule is CC1=CC(Nc2ccc(C#N)cc2)=NC(N2CCN(S(=O)c3ccc(O)cc3)CC2)N1. The first-order valence-electron chi connectivity index (χ1n) is 10.0. The minimum absolute atomic E-state index is 0.167. The number of piperazine rings is 1. The first-order valence-corrected chi connectivity index (χ1v) is 11.1. The number of nitrogens with zero attached hydrogens (tertiary/aromatic N) is 4. The largest absolute Gasteiger partial charge is 0.508 e. The molecule has 1 saturated heterocycles. The molecule has 2 aromatic carbocycles. The summed E-state index contributed by atoms with van der Waals surface area (Å²) in [6.07, 6.45) is 1.75. The van der Waals surface area contributed by atoms with Gasteiger partial charge in [-0.25, -0.2) is 13.5 Å². The number of anilines is 1. The molecule has 31 heavy (non-hydrogen) atoms. The molecule has 1 fully saturated rings. The van der Waals surface area contributed by atoms with Crippen LogP contribution in [0.3, 0.4) is 0 Å². The lowest BCUT2D eigenvalue weighted by Crippen LogP contribution is -2.55. The van der Waals surface area contributed by atoms with Crippen molar-refractivity contribution in [3.05, 3.63) is 65.9 Å². The van der Waals surface area contributed by atoms with Gasteiger partial charge in [-0.15, -0.1) is 0 Å². The molecule has 160 valence electrons. The summed E-state index contributed by atoms with van der Waals surface area (Å²) in [5, 5.41) is 25.1. The lowest BCUT2D eigenvalue weighted by Gasteiger charge is -2.38. The summed E-state index contributed by atoms with van der Waals surface area (Å²) < 4.78 is 14.7. The topological polar surface area (TPSA) is 104 Å². The van der Waals surface area contributed by atoms with E-state index in [9.17, 15) is 9.32 Å². The first-order chi connectivity index (χ1) is 15.0. The number of hydrogen-bond donors (Lipinski definition) is 3. The van der Waals surface area contributed by atoms with E-state index in [2.05, 4.69) is 21.6 Å². The highest BCUT2D eigenvalue weighted by Crippen LogP contribution is 2.19. The number of hydrogen-bond acceptors (Lipinski definition) is 7. The second kappa shape index (κ2) is 9.31. The Labute approximate surface area is 184 Å². The Morgan fingerprint density at radius 1 is 1.13 bits per heavy atom. The third-order valence-corrected chi connectivity index (χ3v) is 6.66. The number of nitriles is 1. The third kappa shape index (κ3) is 5.11. The van der Waals surface area contributed by atoms with Gasteiger partial charge in [-0.1, -0.05) is 0 Å². The van der Waals surface area contributed by atoms with E-state index in [4.69, 9.17) is 10.3 Å². The van der Waals surface area contributed by atoms with Gasteiger partial charge in [0.1, 0.15) is 22.6 Å². The van der Waals surface area contributed by atoms with Gasteiger partial charge in [0.05, 0.1) is 16.5 Å². The van der Waals surface area contributed by atoms with Crippen LogP contribution < -0.4 is 10.6 Å². The van der Waals surface area contributed by atoms with Gasteiger partial charge >= 0.3 is 0 Å². The summed E-state index contributed by atoms with van der Waals surface area (Å²) in [4.78, 5) is 7.70. The molecular weight excluding hydrogens is 412 g/mol. The molecule has 0 bridgehead atoms. The number of aromatic hydroxyl groups is 1. The molecule has 2 aromatic rings. The molecule has 2 aliphatic rings. The van der Waals surface area contributed by atoms with Gasteiger partial charge in [-0.2, -0.15) is 5.26 Å². The number of rotatable bonds is 4. The van der Waals surface area contributed by atoms with Crippen LogP contribution in [0.5, 0.6) is 5.75 Å². The second-order valence-corrected chi connectivity index (χ2v) is 8.87. The molecule has 0 aromatic heterocycles. The number of allylic oxidation sites excluding steroid dienone is 1. The number of benzene rings is 2. The van der Waals surface area contributed by atoms with Gasteiger partial charge < -0.3 is 15.7 Å². The molecule has 0 radical (unpaired) electrons. The molecule has 2 atom stereocenters. The van der Waals surface area contributed by atoms with E-state index >= 15 is 0 Å². The van der Waals surface area contributed by atoms with Crippen LogP contribution in [0.2, 0.25) is 0 Å². The molecule has 2 heterocycles. The number of phenolic OH excluding ortho intramolecular Hbond substituents is 1. The molecule has 0 aliphatic carbocycles. The van der Waals surface area contributed by atoms with Crippen LogP contribution in [0.1, 0.15) is 12.5 Å². The zero-order valence-corrected chi connectivity index (χ0v) is 18.0. The van der Waals surface area contributed by atoms with E-state index < -0.39 is 11.0 Å². The fraction of sp³-hybridized carbons (Fsp3) is 0.273. The number of amidine groups is 1. The molecule has 0 spiro atoms. The molecule has 4 rings (SSSR count). The Bertz CT molecular complexity index is 1050. The highest BCUT2D eigenvalue weighted by molar-refractivity contribution is 7.82.